The van der Waals surface area contributed by atoms with Crippen molar-refractivity contribution in [3.8, 4) is 5.82 Å². The molecule has 0 aliphatic heterocycles. The first kappa shape index (κ1) is 15.4. The van der Waals surface area contributed by atoms with Gasteiger partial charge in [-0.1, -0.05) is 6.07 Å². The molecule has 6 nitrogen and oxygen atoms in total. The van der Waals surface area contributed by atoms with Gasteiger partial charge in [0.15, 0.2) is 5.82 Å². The Hall–Kier alpha value is -2.54. The highest BCUT2D eigenvalue weighted by Crippen LogP contribution is 2.08. The van der Waals surface area contributed by atoms with Crippen molar-refractivity contribution in [3.05, 3.63) is 58.9 Å². The molecular formula is C16H17N5OS. The van der Waals surface area contributed by atoms with E-state index in [9.17, 15) is 4.79 Å². The third-order valence-electron chi connectivity index (χ3n) is 3.29. The number of unbranched alkanes of at least 4 members (excludes halogenated alkanes) is 1. The molecule has 0 aliphatic carbocycles. The van der Waals surface area contributed by atoms with Crippen LogP contribution in [0.5, 0.6) is 0 Å². The SMILES string of the molecule is O=C(NCCCCc1nccs1)c1cccc(-n2cccn2)n1. The Balaban J connectivity index is 1.47. The topological polar surface area (TPSA) is 72.7 Å². The summed E-state index contributed by atoms with van der Waals surface area (Å²) in [5, 5.41) is 10.1. The van der Waals surface area contributed by atoms with Crippen molar-refractivity contribution in [2.75, 3.05) is 6.54 Å². The van der Waals surface area contributed by atoms with E-state index in [4.69, 9.17) is 0 Å². The molecule has 1 N–H and O–H groups in total. The van der Waals surface area contributed by atoms with Gasteiger partial charge in [-0.3, -0.25) is 4.79 Å². The smallest absolute Gasteiger partial charge is 0.269 e. The summed E-state index contributed by atoms with van der Waals surface area (Å²) in [7, 11) is 0. The number of carbonyl (C=O) groups is 1. The minimum Gasteiger partial charge on any atom is -0.351 e. The minimum absolute atomic E-state index is 0.159. The predicted molar refractivity (Wildman–Crippen MR) is 88.7 cm³/mol. The maximum atomic E-state index is 12.1. The van der Waals surface area contributed by atoms with Crippen LogP contribution in [0, 0.1) is 0 Å². The van der Waals surface area contributed by atoms with Crippen molar-refractivity contribution in [1.82, 2.24) is 25.1 Å². The van der Waals surface area contributed by atoms with E-state index >= 15 is 0 Å². The molecule has 0 fully saturated rings. The lowest BCUT2D eigenvalue weighted by Gasteiger charge is -2.06. The maximum absolute atomic E-state index is 12.1. The van der Waals surface area contributed by atoms with Crippen molar-refractivity contribution in [2.45, 2.75) is 19.3 Å². The number of aryl methyl sites for hydroxylation is 1. The van der Waals surface area contributed by atoms with Crippen LogP contribution in [0.3, 0.4) is 0 Å². The lowest BCUT2D eigenvalue weighted by atomic mass is 10.2. The first-order chi connectivity index (χ1) is 11.3. The second-order valence-electron chi connectivity index (χ2n) is 4.97. The zero-order chi connectivity index (χ0) is 15.9. The molecule has 3 aromatic heterocycles. The van der Waals surface area contributed by atoms with Gasteiger partial charge in [-0.25, -0.2) is 14.6 Å². The largest absolute Gasteiger partial charge is 0.351 e. The van der Waals surface area contributed by atoms with Crippen LogP contribution in [0.25, 0.3) is 5.82 Å². The molecule has 23 heavy (non-hydrogen) atoms. The number of nitrogens with zero attached hydrogens (tertiary/aromatic N) is 4. The molecule has 0 bridgehead atoms. The predicted octanol–water partition coefficient (Wildman–Crippen LogP) is 2.48. The number of hydrogen-bond donors (Lipinski definition) is 1. The Morgan fingerprint density at radius 3 is 2.96 bits per heavy atom. The summed E-state index contributed by atoms with van der Waals surface area (Å²) in [6.45, 7) is 0.637. The van der Waals surface area contributed by atoms with E-state index in [1.165, 1.54) is 0 Å². The lowest BCUT2D eigenvalue weighted by Crippen LogP contribution is -2.25. The molecule has 0 unspecified atom stereocenters. The highest BCUT2D eigenvalue weighted by atomic mass is 32.1. The van der Waals surface area contributed by atoms with Crippen molar-refractivity contribution in [2.24, 2.45) is 0 Å². The standard InChI is InChI=1S/C16H17N5OS/c22-16(18-8-2-1-7-15-17-10-12-23-15)13-5-3-6-14(20-13)21-11-4-9-19-21/h3-6,9-12H,1-2,7-8H2,(H,18,22). The Morgan fingerprint density at radius 1 is 1.22 bits per heavy atom. The molecular weight excluding hydrogens is 310 g/mol. The van der Waals surface area contributed by atoms with Gasteiger partial charge in [-0.2, -0.15) is 5.10 Å². The van der Waals surface area contributed by atoms with Crippen molar-refractivity contribution in [3.63, 3.8) is 0 Å². The quantitative estimate of drug-likeness (QED) is 0.677. The fraction of sp³-hybridized carbons (Fsp3) is 0.250. The summed E-state index contributed by atoms with van der Waals surface area (Å²) in [4.78, 5) is 20.7. The van der Waals surface area contributed by atoms with Gasteiger partial charge in [0, 0.05) is 30.5 Å². The van der Waals surface area contributed by atoms with Gasteiger partial charge in [0.25, 0.3) is 5.91 Å². The molecule has 3 aromatic rings. The van der Waals surface area contributed by atoms with Gasteiger partial charge >= 0.3 is 0 Å². The van der Waals surface area contributed by atoms with Gasteiger partial charge in [-0.05, 0) is 37.5 Å². The fourth-order valence-corrected chi connectivity index (χ4v) is 2.81. The van der Waals surface area contributed by atoms with E-state index in [0.717, 1.165) is 24.3 Å². The summed E-state index contributed by atoms with van der Waals surface area (Å²) >= 11 is 1.67. The molecule has 1 amide bonds. The lowest BCUT2D eigenvalue weighted by molar-refractivity contribution is 0.0948. The number of thiazole rings is 1. The van der Waals surface area contributed by atoms with E-state index in [2.05, 4.69) is 20.4 Å². The summed E-state index contributed by atoms with van der Waals surface area (Å²) in [6.07, 6.45) is 8.18. The number of pyridine rings is 1. The van der Waals surface area contributed by atoms with Crippen molar-refractivity contribution in [1.29, 1.82) is 0 Å². The summed E-state index contributed by atoms with van der Waals surface area (Å²) in [6, 6.07) is 7.15. The molecule has 0 spiro atoms. The van der Waals surface area contributed by atoms with Gasteiger partial charge in [0.2, 0.25) is 0 Å². The molecule has 0 atom stereocenters. The number of nitrogens with one attached hydrogen (secondary N) is 1. The molecule has 3 heterocycles. The zero-order valence-corrected chi connectivity index (χ0v) is 13.4. The Labute approximate surface area is 138 Å². The first-order valence-electron chi connectivity index (χ1n) is 7.46. The summed E-state index contributed by atoms with van der Waals surface area (Å²) in [5.74, 6) is 0.472. The monoisotopic (exact) mass is 327 g/mol. The van der Waals surface area contributed by atoms with Crippen LogP contribution in [-0.2, 0) is 6.42 Å². The highest BCUT2D eigenvalue weighted by molar-refractivity contribution is 7.09. The minimum atomic E-state index is -0.159. The second-order valence-corrected chi connectivity index (χ2v) is 5.95. The molecule has 7 heteroatoms. The van der Waals surface area contributed by atoms with Crippen LogP contribution in [0.1, 0.15) is 28.3 Å². The number of aromatic nitrogens is 4. The zero-order valence-electron chi connectivity index (χ0n) is 12.6. The normalized spacial score (nSPS) is 10.6. The third kappa shape index (κ3) is 4.23. The van der Waals surface area contributed by atoms with Crippen molar-refractivity contribution >= 4 is 17.2 Å². The summed E-state index contributed by atoms with van der Waals surface area (Å²) < 4.78 is 1.63. The average Bonchev–Trinajstić information content (AvgIpc) is 3.28. The van der Waals surface area contributed by atoms with Gasteiger partial charge in [0.05, 0.1) is 5.01 Å². The molecule has 0 saturated heterocycles. The van der Waals surface area contributed by atoms with Gasteiger partial charge in [-0.15, -0.1) is 11.3 Å². The third-order valence-corrected chi connectivity index (χ3v) is 4.13. The van der Waals surface area contributed by atoms with Crippen LogP contribution < -0.4 is 5.32 Å². The van der Waals surface area contributed by atoms with E-state index in [-0.39, 0.29) is 5.91 Å². The number of amides is 1. The van der Waals surface area contributed by atoms with Gasteiger partial charge in [0.1, 0.15) is 5.69 Å². The van der Waals surface area contributed by atoms with E-state index in [0.29, 0.717) is 18.1 Å². The van der Waals surface area contributed by atoms with Crippen LogP contribution in [0.2, 0.25) is 0 Å². The first-order valence-corrected chi connectivity index (χ1v) is 8.34. The maximum Gasteiger partial charge on any atom is 0.269 e. The van der Waals surface area contributed by atoms with Crippen LogP contribution in [0.4, 0.5) is 0 Å². The van der Waals surface area contributed by atoms with Gasteiger partial charge < -0.3 is 5.32 Å². The van der Waals surface area contributed by atoms with E-state index < -0.39 is 0 Å². The van der Waals surface area contributed by atoms with E-state index in [1.807, 2.05) is 23.7 Å². The van der Waals surface area contributed by atoms with Crippen molar-refractivity contribution < 1.29 is 4.79 Å². The second kappa shape index (κ2) is 7.64. The highest BCUT2D eigenvalue weighted by Gasteiger charge is 2.08. The molecule has 0 aromatic carbocycles. The van der Waals surface area contributed by atoms with Crippen LogP contribution in [-0.4, -0.2) is 32.2 Å². The number of rotatable bonds is 7. The number of carbonyl (C=O) groups excluding carboxylic acids is 1. The molecule has 118 valence electrons. The van der Waals surface area contributed by atoms with E-state index in [1.54, 1.807) is 40.5 Å². The van der Waals surface area contributed by atoms with Crippen LogP contribution >= 0.6 is 11.3 Å². The summed E-state index contributed by atoms with van der Waals surface area (Å²) in [5.41, 5.74) is 0.401. The Kier molecular flexibility index (Phi) is 5.10. The van der Waals surface area contributed by atoms with Crippen LogP contribution in [0.15, 0.2) is 48.2 Å². The average molecular weight is 327 g/mol. The Morgan fingerprint density at radius 2 is 2.17 bits per heavy atom. The molecule has 0 aliphatic rings. The number of hydrogen-bond acceptors (Lipinski definition) is 5. The fourth-order valence-electron chi connectivity index (χ4n) is 2.15. The molecule has 0 radical (unpaired) electrons. The molecule has 3 rings (SSSR count). The Bertz CT molecular complexity index is 740. The molecule has 0 saturated carbocycles.